The first-order valence-corrected chi connectivity index (χ1v) is 6.82. The number of amides is 1. The molecule has 0 aliphatic rings. The molecule has 22 heavy (non-hydrogen) atoms. The molecule has 0 aliphatic heterocycles. The molecule has 0 saturated carbocycles. The standard InChI is InChI=1S/C16H13ClFNO3/c1-10(20)19-14-8-12(17)4-7-16(14)22-9-15(21)11-2-5-13(18)6-3-11/h2-8H,9H2,1H3,(H,19,20). The monoisotopic (exact) mass is 321 g/mol. The lowest BCUT2D eigenvalue weighted by molar-refractivity contribution is -0.114. The number of carbonyl (C=O) groups excluding carboxylic acids is 2. The van der Waals surface area contributed by atoms with E-state index in [1.807, 2.05) is 0 Å². The maximum atomic E-state index is 12.8. The lowest BCUT2D eigenvalue weighted by Crippen LogP contribution is -2.13. The molecule has 0 bridgehead atoms. The van der Waals surface area contributed by atoms with Gasteiger partial charge in [0.15, 0.2) is 12.4 Å². The Balaban J connectivity index is 2.09. The van der Waals surface area contributed by atoms with Crippen molar-refractivity contribution in [1.29, 1.82) is 0 Å². The van der Waals surface area contributed by atoms with Crippen LogP contribution in [0.15, 0.2) is 42.5 Å². The fraction of sp³-hybridized carbons (Fsp3) is 0.125. The Bertz CT molecular complexity index is 701. The summed E-state index contributed by atoms with van der Waals surface area (Å²) in [4.78, 5) is 23.1. The van der Waals surface area contributed by atoms with Gasteiger partial charge in [-0.1, -0.05) is 11.6 Å². The van der Waals surface area contributed by atoms with E-state index in [4.69, 9.17) is 16.3 Å². The highest BCUT2D eigenvalue weighted by Crippen LogP contribution is 2.28. The number of hydrogen-bond donors (Lipinski definition) is 1. The Hall–Kier alpha value is -2.40. The number of Topliss-reactive ketones (excluding diaryl/α,β-unsaturated/α-hetero) is 1. The molecule has 0 unspecified atom stereocenters. The molecular formula is C16H13ClFNO3. The third-order valence-corrected chi connectivity index (χ3v) is 3.01. The van der Waals surface area contributed by atoms with E-state index in [9.17, 15) is 14.0 Å². The molecule has 6 heteroatoms. The molecule has 114 valence electrons. The number of hydrogen-bond acceptors (Lipinski definition) is 3. The van der Waals surface area contributed by atoms with Gasteiger partial charge in [-0.3, -0.25) is 9.59 Å². The van der Waals surface area contributed by atoms with Gasteiger partial charge in [-0.25, -0.2) is 4.39 Å². The number of rotatable bonds is 5. The predicted molar refractivity (Wildman–Crippen MR) is 82.0 cm³/mol. The van der Waals surface area contributed by atoms with Crippen LogP contribution in [0.1, 0.15) is 17.3 Å². The number of carbonyl (C=O) groups is 2. The molecule has 1 amide bonds. The second kappa shape index (κ2) is 7.04. The van der Waals surface area contributed by atoms with Crippen molar-refractivity contribution in [2.24, 2.45) is 0 Å². The number of benzene rings is 2. The molecule has 0 aromatic heterocycles. The van der Waals surface area contributed by atoms with E-state index >= 15 is 0 Å². The zero-order valence-electron chi connectivity index (χ0n) is 11.7. The minimum Gasteiger partial charge on any atom is -0.483 e. The van der Waals surface area contributed by atoms with Crippen molar-refractivity contribution >= 4 is 29.0 Å². The number of nitrogens with one attached hydrogen (secondary N) is 1. The molecule has 0 saturated heterocycles. The summed E-state index contributed by atoms with van der Waals surface area (Å²) < 4.78 is 18.2. The third kappa shape index (κ3) is 4.30. The first-order valence-electron chi connectivity index (χ1n) is 6.44. The van der Waals surface area contributed by atoms with Gasteiger partial charge in [0.2, 0.25) is 5.91 Å². The van der Waals surface area contributed by atoms with Gasteiger partial charge >= 0.3 is 0 Å². The van der Waals surface area contributed by atoms with Crippen LogP contribution in [0.5, 0.6) is 5.75 Å². The normalized spacial score (nSPS) is 10.1. The molecule has 0 radical (unpaired) electrons. The Morgan fingerprint density at radius 2 is 1.86 bits per heavy atom. The highest BCUT2D eigenvalue weighted by molar-refractivity contribution is 6.31. The Morgan fingerprint density at radius 1 is 1.18 bits per heavy atom. The van der Waals surface area contributed by atoms with Crippen molar-refractivity contribution in [3.05, 3.63) is 58.9 Å². The van der Waals surface area contributed by atoms with Gasteiger partial charge in [-0.2, -0.15) is 0 Å². The minimum absolute atomic E-state index is 0.236. The summed E-state index contributed by atoms with van der Waals surface area (Å²) in [5.41, 5.74) is 0.725. The third-order valence-electron chi connectivity index (χ3n) is 2.78. The predicted octanol–water partition coefficient (Wildman–Crippen LogP) is 3.70. The molecule has 0 aliphatic carbocycles. The Morgan fingerprint density at radius 3 is 2.50 bits per heavy atom. The van der Waals surface area contributed by atoms with Crippen LogP contribution in [0.4, 0.5) is 10.1 Å². The van der Waals surface area contributed by atoms with E-state index < -0.39 is 5.82 Å². The second-order valence-corrected chi connectivity index (χ2v) is 4.98. The summed E-state index contributed by atoms with van der Waals surface area (Å²) in [6.45, 7) is 1.12. The summed E-state index contributed by atoms with van der Waals surface area (Å²) >= 11 is 5.86. The van der Waals surface area contributed by atoms with Crippen LogP contribution in [0.3, 0.4) is 0 Å². The van der Waals surface area contributed by atoms with E-state index in [0.717, 1.165) is 0 Å². The fourth-order valence-electron chi connectivity index (χ4n) is 1.78. The largest absolute Gasteiger partial charge is 0.483 e. The second-order valence-electron chi connectivity index (χ2n) is 4.54. The zero-order chi connectivity index (χ0) is 16.1. The van der Waals surface area contributed by atoms with Gasteiger partial charge in [0, 0.05) is 17.5 Å². The van der Waals surface area contributed by atoms with Crippen LogP contribution in [0, 0.1) is 5.82 Å². The average molecular weight is 322 g/mol. The van der Waals surface area contributed by atoms with Crippen LogP contribution in [0.2, 0.25) is 5.02 Å². The summed E-state index contributed by atoms with van der Waals surface area (Å²) in [7, 11) is 0. The van der Waals surface area contributed by atoms with Gasteiger partial charge in [0.1, 0.15) is 11.6 Å². The molecule has 0 heterocycles. The first kappa shape index (κ1) is 16.0. The van der Waals surface area contributed by atoms with Crippen molar-refractivity contribution < 1.29 is 18.7 Å². The van der Waals surface area contributed by atoms with Crippen LogP contribution in [-0.4, -0.2) is 18.3 Å². The van der Waals surface area contributed by atoms with Crippen LogP contribution in [0.25, 0.3) is 0 Å². The molecule has 2 aromatic rings. The van der Waals surface area contributed by atoms with E-state index in [2.05, 4.69) is 5.32 Å². The van der Waals surface area contributed by atoms with Crippen molar-refractivity contribution in [1.82, 2.24) is 0 Å². The van der Waals surface area contributed by atoms with Gasteiger partial charge in [0.05, 0.1) is 5.69 Å². The minimum atomic E-state index is -0.414. The lowest BCUT2D eigenvalue weighted by atomic mass is 10.1. The summed E-state index contributed by atoms with van der Waals surface area (Å²) in [5.74, 6) is -0.668. The van der Waals surface area contributed by atoms with Gasteiger partial charge in [-0.15, -0.1) is 0 Å². The lowest BCUT2D eigenvalue weighted by Gasteiger charge is -2.11. The summed E-state index contributed by atoms with van der Waals surface area (Å²) in [5, 5.41) is 3.01. The molecule has 0 spiro atoms. The number of halogens is 2. The highest BCUT2D eigenvalue weighted by atomic mass is 35.5. The van der Waals surface area contributed by atoms with Crippen LogP contribution in [-0.2, 0) is 4.79 Å². The van der Waals surface area contributed by atoms with E-state index in [1.54, 1.807) is 12.1 Å². The molecule has 1 N–H and O–H groups in total. The average Bonchev–Trinajstić information content (AvgIpc) is 2.46. The SMILES string of the molecule is CC(=O)Nc1cc(Cl)ccc1OCC(=O)c1ccc(F)cc1. The van der Waals surface area contributed by atoms with Crippen molar-refractivity contribution in [3.63, 3.8) is 0 Å². The Labute approximate surface area is 131 Å². The zero-order valence-corrected chi connectivity index (χ0v) is 12.5. The first-order chi connectivity index (χ1) is 10.5. The molecule has 2 aromatic carbocycles. The fourth-order valence-corrected chi connectivity index (χ4v) is 1.95. The van der Waals surface area contributed by atoms with Crippen LogP contribution < -0.4 is 10.1 Å². The number of ether oxygens (including phenoxy) is 1. The van der Waals surface area contributed by atoms with Crippen LogP contribution >= 0.6 is 11.6 Å². The Kier molecular flexibility index (Phi) is 5.12. The van der Waals surface area contributed by atoms with Crippen molar-refractivity contribution in [2.75, 3.05) is 11.9 Å². The van der Waals surface area contributed by atoms with Gasteiger partial charge in [0.25, 0.3) is 0 Å². The number of anilines is 1. The maximum absolute atomic E-state index is 12.8. The maximum Gasteiger partial charge on any atom is 0.221 e. The van der Waals surface area contributed by atoms with E-state index in [1.165, 1.54) is 37.3 Å². The van der Waals surface area contributed by atoms with Crippen molar-refractivity contribution in [3.8, 4) is 5.75 Å². The van der Waals surface area contributed by atoms with E-state index in [0.29, 0.717) is 22.0 Å². The molecule has 0 atom stereocenters. The summed E-state index contributed by atoms with van der Waals surface area (Å²) in [6.07, 6.45) is 0. The summed E-state index contributed by atoms with van der Waals surface area (Å²) in [6, 6.07) is 9.86. The smallest absolute Gasteiger partial charge is 0.221 e. The highest BCUT2D eigenvalue weighted by Gasteiger charge is 2.11. The molecular weight excluding hydrogens is 309 g/mol. The van der Waals surface area contributed by atoms with Gasteiger partial charge in [-0.05, 0) is 42.5 Å². The van der Waals surface area contributed by atoms with E-state index in [-0.39, 0.29) is 18.3 Å². The van der Waals surface area contributed by atoms with Gasteiger partial charge < -0.3 is 10.1 Å². The van der Waals surface area contributed by atoms with Crippen molar-refractivity contribution in [2.45, 2.75) is 6.92 Å². The number of ketones is 1. The quantitative estimate of drug-likeness (QED) is 0.854. The molecule has 4 nitrogen and oxygen atoms in total. The molecule has 2 rings (SSSR count). The molecule has 0 fully saturated rings. The topological polar surface area (TPSA) is 55.4 Å².